The zero-order valence-corrected chi connectivity index (χ0v) is 11.6. The van der Waals surface area contributed by atoms with Gasteiger partial charge in [0.25, 0.3) is 5.91 Å². The summed E-state index contributed by atoms with van der Waals surface area (Å²) in [6.45, 7) is 0.834. The third kappa shape index (κ3) is 4.25. The molecule has 1 aromatic heterocycles. The maximum atomic E-state index is 13.6. The van der Waals surface area contributed by atoms with E-state index in [1.165, 1.54) is 12.3 Å². The highest BCUT2D eigenvalue weighted by molar-refractivity contribution is 5.93. The monoisotopic (exact) mass is 289 g/mol. The summed E-state index contributed by atoms with van der Waals surface area (Å²) in [7, 11) is 1.56. The number of pyridine rings is 1. The average molecular weight is 289 g/mol. The van der Waals surface area contributed by atoms with Crippen LogP contribution in [0.3, 0.4) is 0 Å². The minimum atomic E-state index is -0.361. The van der Waals surface area contributed by atoms with Crippen LogP contribution < -0.4 is 10.6 Å². The first-order valence-corrected chi connectivity index (χ1v) is 6.45. The summed E-state index contributed by atoms with van der Waals surface area (Å²) in [5.74, 6) is -0.662. The summed E-state index contributed by atoms with van der Waals surface area (Å²) in [5, 5.41) is 5.59. The number of halogens is 1. The second kappa shape index (κ2) is 7.35. The van der Waals surface area contributed by atoms with Crippen molar-refractivity contribution in [2.75, 3.05) is 25.6 Å². The Morgan fingerprint density at radius 3 is 2.90 bits per heavy atom. The molecule has 2 aromatic rings. The molecular weight excluding hydrogens is 273 g/mol. The molecule has 6 heteroatoms. The molecule has 0 saturated carbocycles. The normalized spacial score (nSPS) is 10.2. The number of para-hydroxylation sites is 1. The van der Waals surface area contributed by atoms with Crippen molar-refractivity contribution in [1.29, 1.82) is 0 Å². The Kier molecular flexibility index (Phi) is 5.22. The van der Waals surface area contributed by atoms with Crippen molar-refractivity contribution < 1.29 is 13.9 Å². The van der Waals surface area contributed by atoms with Crippen molar-refractivity contribution in [3.8, 4) is 0 Å². The van der Waals surface area contributed by atoms with Crippen LogP contribution in [-0.4, -0.2) is 31.2 Å². The van der Waals surface area contributed by atoms with Gasteiger partial charge in [-0.3, -0.25) is 9.78 Å². The number of nitrogens with one attached hydrogen (secondary N) is 2. The van der Waals surface area contributed by atoms with Crippen LogP contribution >= 0.6 is 0 Å². The number of carbonyl (C=O) groups excluding carboxylic acids is 1. The van der Waals surface area contributed by atoms with Gasteiger partial charge in [-0.25, -0.2) is 4.39 Å². The summed E-state index contributed by atoms with van der Waals surface area (Å²) < 4.78 is 18.4. The Morgan fingerprint density at radius 2 is 2.14 bits per heavy atom. The maximum absolute atomic E-state index is 13.6. The molecule has 0 saturated heterocycles. The molecular formula is C15H16FN3O2. The number of anilines is 2. The molecule has 5 nitrogen and oxygen atoms in total. The van der Waals surface area contributed by atoms with E-state index in [-0.39, 0.29) is 17.4 Å². The van der Waals surface area contributed by atoms with Gasteiger partial charge in [0.05, 0.1) is 12.3 Å². The number of hydrogen-bond donors (Lipinski definition) is 2. The Balaban J connectivity index is 2.07. The number of methoxy groups -OCH3 is 1. The SMILES string of the molecule is COCCNC(=O)c1cc(Nc2ccccc2F)ccn1. The average Bonchev–Trinajstić information content (AvgIpc) is 2.50. The van der Waals surface area contributed by atoms with Gasteiger partial charge in [-0.2, -0.15) is 0 Å². The fraction of sp³-hybridized carbons (Fsp3) is 0.200. The molecule has 0 bridgehead atoms. The van der Waals surface area contributed by atoms with Crippen LogP contribution in [0.4, 0.5) is 15.8 Å². The summed E-state index contributed by atoms with van der Waals surface area (Å²) in [5.41, 5.74) is 1.19. The molecule has 110 valence electrons. The van der Waals surface area contributed by atoms with Gasteiger partial charge < -0.3 is 15.4 Å². The molecule has 2 rings (SSSR count). The van der Waals surface area contributed by atoms with Gasteiger partial charge >= 0.3 is 0 Å². The van der Waals surface area contributed by atoms with Crippen LogP contribution in [0.2, 0.25) is 0 Å². The van der Waals surface area contributed by atoms with Crippen molar-refractivity contribution >= 4 is 17.3 Å². The lowest BCUT2D eigenvalue weighted by Gasteiger charge is -2.09. The smallest absolute Gasteiger partial charge is 0.270 e. The Morgan fingerprint density at radius 1 is 1.33 bits per heavy atom. The number of carbonyl (C=O) groups is 1. The summed E-state index contributed by atoms with van der Waals surface area (Å²) in [6, 6.07) is 9.55. The number of aromatic nitrogens is 1. The third-order valence-corrected chi connectivity index (χ3v) is 2.74. The predicted octanol–water partition coefficient (Wildman–Crippen LogP) is 2.34. The first-order valence-electron chi connectivity index (χ1n) is 6.45. The van der Waals surface area contributed by atoms with Crippen molar-refractivity contribution in [1.82, 2.24) is 10.3 Å². The number of hydrogen-bond acceptors (Lipinski definition) is 4. The zero-order valence-electron chi connectivity index (χ0n) is 11.6. The van der Waals surface area contributed by atoms with E-state index in [0.29, 0.717) is 24.5 Å². The minimum absolute atomic E-state index is 0.257. The van der Waals surface area contributed by atoms with E-state index in [2.05, 4.69) is 15.6 Å². The largest absolute Gasteiger partial charge is 0.383 e. The van der Waals surface area contributed by atoms with Crippen LogP contribution in [0.15, 0.2) is 42.6 Å². The van der Waals surface area contributed by atoms with Crippen LogP contribution in [0, 0.1) is 5.82 Å². The van der Waals surface area contributed by atoms with Crippen molar-refractivity contribution in [2.24, 2.45) is 0 Å². The summed E-state index contributed by atoms with van der Waals surface area (Å²) in [6.07, 6.45) is 1.49. The Labute approximate surface area is 122 Å². The summed E-state index contributed by atoms with van der Waals surface area (Å²) >= 11 is 0. The molecule has 1 amide bonds. The number of amides is 1. The van der Waals surface area contributed by atoms with E-state index in [0.717, 1.165) is 0 Å². The Bertz CT molecular complexity index is 619. The highest BCUT2D eigenvalue weighted by Crippen LogP contribution is 2.19. The van der Waals surface area contributed by atoms with Gasteiger partial charge in [-0.1, -0.05) is 12.1 Å². The number of benzene rings is 1. The van der Waals surface area contributed by atoms with Crippen molar-refractivity contribution in [3.63, 3.8) is 0 Å². The van der Waals surface area contributed by atoms with E-state index in [1.54, 1.807) is 37.4 Å². The topological polar surface area (TPSA) is 63.2 Å². The lowest BCUT2D eigenvalue weighted by atomic mass is 10.2. The first kappa shape index (κ1) is 14.9. The molecule has 0 spiro atoms. The predicted molar refractivity (Wildman–Crippen MR) is 78.1 cm³/mol. The molecule has 0 fully saturated rings. The minimum Gasteiger partial charge on any atom is -0.383 e. The molecule has 0 atom stereocenters. The fourth-order valence-corrected chi connectivity index (χ4v) is 1.71. The molecule has 2 N–H and O–H groups in total. The quantitative estimate of drug-likeness (QED) is 0.801. The van der Waals surface area contributed by atoms with Gasteiger partial charge in [0, 0.05) is 25.5 Å². The van der Waals surface area contributed by atoms with Crippen LogP contribution in [0.5, 0.6) is 0 Å². The zero-order chi connectivity index (χ0) is 15.1. The molecule has 0 aliphatic heterocycles. The van der Waals surface area contributed by atoms with Crippen molar-refractivity contribution in [3.05, 3.63) is 54.1 Å². The molecule has 0 aliphatic rings. The third-order valence-electron chi connectivity index (χ3n) is 2.74. The number of rotatable bonds is 6. The van der Waals surface area contributed by atoms with E-state index >= 15 is 0 Å². The second-order valence-electron chi connectivity index (χ2n) is 4.28. The maximum Gasteiger partial charge on any atom is 0.270 e. The number of ether oxygens (including phenoxy) is 1. The molecule has 0 radical (unpaired) electrons. The van der Waals surface area contributed by atoms with E-state index in [9.17, 15) is 9.18 Å². The molecule has 1 heterocycles. The molecule has 21 heavy (non-hydrogen) atoms. The molecule has 1 aromatic carbocycles. The fourth-order valence-electron chi connectivity index (χ4n) is 1.71. The van der Waals surface area contributed by atoms with E-state index < -0.39 is 0 Å². The lowest BCUT2D eigenvalue weighted by molar-refractivity contribution is 0.0932. The second-order valence-corrected chi connectivity index (χ2v) is 4.28. The summed E-state index contributed by atoms with van der Waals surface area (Å²) in [4.78, 5) is 15.9. The Hall–Kier alpha value is -2.47. The standard InChI is InChI=1S/C15H16FN3O2/c1-21-9-8-18-15(20)14-10-11(6-7-17-14)19-13-5-3-2-4-12(13)16/h2-7,10H,8-9H2,1H3,(H,17,19)(H,18,20). The highest BCUT2D eigenvalue weighted by atomic mass is 19.1. The van der Waals surface area contributed by atoms with E-state index in [1.807, 2.05) is 0 Å². The van der Waals surface area contributed by atoms with Crippen LogP contribution in [0.1, 0.15) is 10.5 Å². The van der Waals surface area contributed by atoms with Gasteiger partial charge in [-0.15, -0.1) is 0 Å². The lowest BCUT2D eigenvalue weighted by Crippen LogP contribution is -2.27. The van der Waals surface area contributed by atoms with Gasteiger partial charge in [0.1, 0.15) is 11.5 Å². The van der Waals surface area contributed by atoms with Gasteiger partial charge in [0.15, 0.2) is 0 Å². The van der Waals surface area contributed by atoms with E-state index in [4.69, 9.17) is 4.74 Å². The molecule has 0 aliphatic carbocycles. The first-order chi connectivity index (χ1) is 10.2. The highest BCUT2D eigenvalue weighted by Gasteiger charge is 2.08. The van der Waals surface area contributed by atoms with Gasteiger partial charge in [0.2, 0.25) is 0 Å². The molecule has 0 unspecified atom stereocenters. The van der Waals surface area contributed by atoms with Gasteiger partial charge in [-0.05, 0) is 24.3 Å². The number of nitrogens with zero attached hydrogens (tertiary/aromatic N) is 1. The van der Waals surface area contributed by atoms with Crippen LogP contribution in [-0.2, 0) is 4.74 Å². The van der Waals surface area contributed by atoms with Crippen molar-refractivity contribution in [2.45, 2.75) is 0 Å². The van der Waals surface area contributed by atoms with Crippen LogP contribution in [0.25, 0.3) is 0 Å².